The lowest BCUT2D eigenvalue weighted by Gasteiger charge is -2.09. The highest BCUT2D eigenvalue weighted by Gasteiger charge is 2.21. The summed E-state index contributed by atoms with van der Waals surface area (Å²) >= 11 is 0. The number of pyridine rings is 1. The van der Waals surface area contributed by atoms with Gasteiger partial charge in [-0.3, -0.25) is 4.98 Å². The Hall–Kier alpha value is -2.61. The largest absolute Gasteiger partial charge is 0.456 e. The third kappa shape index (κ3) is 1.91. The van der Waals surface area contributed by atoms with E-state index in [4.69, 9.17) is 4.74 Å². The summed E-state index contributed by atoms with van der Waals surface area (Å²) in [5.41, 5.74) is 6.60. The number of ether oxygens (including phenoxy) is 1. The van der Waals surface area contributed by atoms with Crippen LogP contribution in [0.1, 0.15) is 11.1 Å². The molecule has 0 saturated carbocycles. The number of hydrogen-bond acceptors (Lipinski definition) is 2. The summed E-state index contributed by atoms with van der Waals surface area (Å²) in [6.45, 7) is 4.14. The Kier molecular flexibility index (Phi) is 2.58. The van der Waals surface area contributed by atoms with E-state index in [2.05, 4.69) is 49.2 Å². The van der Waals surface area contributed by atoms with Gasteiger partial charge in [0.05, 0.1) is 5.69 Å². The number of benzene rings is 2. The van der Waals surface area contributed by atoms with Crippen molar-refractivity contribution in [1.82, 2.24) is 4.98 Å². The number of para-hydroxylation sites is 1. The van der Waals surface area contributed by atoms with Gasteiger partial charge in [-0.2, -0.15) is 0 Å². The number of aryl methyl sites for hydroxylation is 2. The van der Waals surface area contributed by atoms with E-state index in [-0.39, 0.29) is 0 Å². The lowest BCUT2D eigenvalue weighted by molar-refractivity contribution is 0.487. The predicted octanol–water partition coefficient (Wildman–Crippen LogP) is 5.14. The summed E-state index contributed by atoms with van der Waals surface area (Å²) in [5.74, 6) is 1.76. The Labute approximate surface area is 124 Å². The molecule has 0 bridgehead atoms. The predicted molar refractivity (Wildman–Crippen MR) is 84.7 cm³/mol. The molecule has 4 rings (SSSR count). The highest BCUT2D eigenvalue weighted by molar-refractivity contribution is 5.88. The van der Waals surface area contributed by atoms with Crippen LogP contribution in [0.2, 0.25) is 0 Å². The first-order chi connectivity index (χ1) is 10.2. The van der Waals surface area contributed by atoms with Gasteiger partial charge in [-0.25, -0.2) is 0 Å². The van der Waals surface area contributed by atoms with Crippen molar-refractivity contribution in [3.8, 4) is 33.9 Å². The van der Waals surface area contributed by atoms with E-state index < -0.39 is 0 Å². The standard InChI is InChI=1S/C19H15NO/c1-12-7-8-15-18(10-12)21-17-6-4-3-5-14(17)16-9-13(2)11-20-19(15)16/h3-11H,1-2H3. The van der Waals surface area contributed by atoms with Crippen molar-refractivity contribution in [2.24, 2.45) is 0 Å². The fourth-order valence-electron chi connectivity index (χ4n) is 2.80. The van der Waals surface area contributed by atoms with Gasteiger partial charge in [0.2, 0.25) is 0 Å². The van der Waals surface area contributed by atoms with Crippen molar-refractivity contribution in [3.05, 3.63) is 65.9 Å². The van der Waals surface area contributed by atoms with Gasteiger partial charge < -0.3 is 4.74 Å². The van der Waals surface area contributed by atoms with Crippen LogP contribution in [-0.4, -0.2) is 4.98 Å². The second-order valence-corrected chi connectivity index (χ2v) is 5.51. The van der Waals surface area contributed by atoms with Gasteiger partial charge in [0.1, 0.15) is 11.5 Å². The van der Waals surface area contributed by atoms with Crippen molar-refractivity contribution in [2.75, 3.05) is 0 Å². The zero-order valence-electron chi connectivity index (χ0n) is 12.1. The lowest BCUT2D eigenvalue weighted by Crippen LogP contribution is -1.89. The number of nitrogens with zero attached hydrogens (tertiary/aromatic N) is 1. The van der Waals surface area contributed by atoms with Crippen LogP contribution in [0.5, 0.6) is 11.5 Å². The molecular weight excluding hydrogens is 258 g/mol. The fraction of sp³-hybridized carbons (Fsp3) is 0.105. The van der Waals surface area contributed by atoms with Crippen LogP contribution < -0.4 is 4.74 Å². The summed E-state index contributed by atoms with van der Waals surface area (Å²) in [6, 6.07) is 16.6. The summed E-state index contributed by atoms with van der Waals surface area (Å²) in [7, 11) is 0. The Morgan fingerprint density at radius 3 is 2.52 bits per heavy atom. The lowest BCUT2D eigenvalue weighted by atomic mass is 9.98. The summed E-state index contributed by atoms with van der Waals surface area (Å²) in [6.07, 6.45) is 1.91. The number of hydrogen-bond donors (Lipinski definition) is 0. The molecule has 0 N–H and O–H groups in total. The molecule has 2 nitrogen and oxygen atoms in total. The second kappa shape index (κ2) is 4.45. The topological polar surface area (TPSA) is 22.1 Å². The molecule has 1 aliphatic heterocycles. The first-order valence-electron chi connectivity index (χ1n) is 7.07. The van der Waals surface area contributed by atoms with Crippen LogP contribution in [0.4, 0.5) is 0 Å². The van der Waals surface area contributed by atoms with E-state index in [1.807, 2.05) is 24.4 Å². The maximum absolute atomic E-state index is 6.17. The fourth-order valence-corrected chi connectivity index (χ4v) is 2.80. The molecule has 1 aliphatic rings. The minimum atomic E-state index is 0.873. The van der Waals surface area contributed by atoms with Crippen LogP contribution in [0.25, 0.3) is 22.4 Å². The van der Waals surface area contributed by atoms with Crippen LogP contribution in [0.15, 0.2) is 54.7 Å². The Morgan fingerprint density at radius 2 is 1.62 bits per heavy atom. The molecule has 0 unspecified atom stereocenters. The van der Waals surface area contributed by atoms with Crippen molar-refractivity contribution in [3.63, 3.8) is 0 Å². The Bertz CT molecular complexity index is 852. The molecule has 0 spiro atoms. The molecule has 2 heterocycles. The molecule has 0 fully saturated rings. The van der Waals surface area contributed by atoms with Crippen LogP contribution in [0.3, 0.4) is 0 Å². The first kappa shape index (κ1) is 12.2. The molecule has 0 amide bonds. The highest BCUT2D eigenvalue weighted by Crippen LogP contribution is 2.45. The zero-order valence-corrected chi connectivity index (χ0v) is 12.1. The minimum Gasteiger partial charge on any atom is -0.456 e. The molecule has 3 aromatic rings. The van der Waals surface area contributed by atoms with Gasteiger partial charge >= 0.3 is 0 Å². The molecule has 2 aromatic carbocycles. The van der Waals surface area contributed by atoms with Gasteiger partial charge in [0.25, 0.3) is 0 Å². The quantitative estimate of drug-likeness (QED) is 0.442. The maximum Gasteiger partial charge on any atom is 0.137 e. The molecule has 0 atom stereocenters. The van der Waals surface area contributed by atoms with Gasteiger partial charge in [-0.1, -0.05) is 24.3 Å². The molecular formula is C19H15NO. The summed E-state index contributed by atoms with van der Waals surface area (Å²) in [5, 5.41) is 0. The normalized spacial score (nSPS) is 11.7. The number of fused-ring (bicyclic) bond motifs is 5. The highest BCUT2D eigenvalue weighted by atomic mass is 16.5. The molecule has 0 saturated heterocycles. The average molecular weight is 273 g/mol. The minimum absolute atomic E-state index is 0.873. The molecule has 21 heavy (non-hydrogen) atoms. The van der Waals surface area contributed by atoms with E-state index in [9.17, 15) is 0 Å². The smallest absolute Gasteiger partial charge is 0.137 e. The average Bonchev–Trinajstić information content (AvgIpc) is 2.61. The molecule has 0 aliphatic carbocycles. The van der Waals surface area contributed by atoms with E-state index in [0.29, 0.717) is 0 Å². The van der Waals surface area contributed by atoms with Crippen molar-refractivity contribution in [2.45, 2.75) is 13.8 Å². The molecule has 1 aromatic heterocycles. The third-order valence-electron chi connectivity index (χ3n) is 3.81. The molecule has 2 heteroatoms. The van der Waals surface area contributed by atoms with E-state index in [1.54, 1.807) is 0 Å². The maximum atomic E-state index is 6.17. The van der Waals surface area contributed by atoms with Crippen LogP contribution >= 0.6 is 0 Å². The SMILES string of the molecule is Cc1ccc2c(c1)Oc1ccccc1-c1cc(C)cnc1-2. The van der Waals surface area contributed by atoms with Crippen molar-refractivity contribution in [1.29, 1.82) is 0 Å². The van der Waals surface area contributed by atoms with Gasteiger partial charge in [0, 0.05) is 22.9 Å². The first-order valence-corrected chi connectivity index (χ1v) is 7.07. The monoisotopic (exact) mass is 273 g/mol. The van der Waals surface area contributed by atoms with Gasteiger partial charge in [-0.05, 0) is 49.2 Å². The molecule has 0 radical (unpaired) electrons. The third-order valence-corrected chi connectivity index (χ3v) is 3.81. The molecule has 102 valence electrons. The zero-order chi connectivity index (χ0) is 14.4. The van der Waals surface area contributed by atoms with Crippen molar-refractivity contribution >= 4 is 0 Å². The number of rotatable bonds is 0. The van der Waals surface area contributed by atoms with E-state index in [0.717, 1.165) is 39.4 Å². The van der Waals surface area contributed by atoms with Gasteiger partial charge in [-0.15, -0.1) is 0 Å². The Morgan fingerprint density at radius 1 is 0.762 bits per heavy atom. The van der Waals surface area contributed by atoms with Crippen LogP contribution in [-0.2, 0) is 0 Å². The second-order valence-electron chi connectivity index (χ2n) is 5.51. The van der Waals surface area contributed by atoms with Gasteiger partial charge in [0.15, 0.2) is 0 Å². The summed E-state index contributed by atoms with van der Waals surface area (Å²) in [4.78, 5) is 4.67. The summed E-state index contributed by atoms with van der Waals surface area (Å²) < 4.78 is 6.17. The van der Waals surface area contributed by atoms with Crippen molar-refractivity contribution < 1.29 is 4.74 Å². The van der Waals surface area contributed by atoms with Crippen LogP contribution in [0, 0.1) is 13.8 Å². The Balaban J connectivity index is 2.12. The van der Waals surface area contributed by atoms with E-state index in [1.165, 1.54) is 5.56 Å². The number of aromatic nitrogens is 1. The van der Waals surface area contributed by atoms with E-state index >= 15 is 0 Å².